The molecule has 1 aromatic carbocycles. The first-order valence-electron chi connectivity index (χ1n) is 7.52. The van der Waals surface area contributed by atoms with Crippen LogP contribution in [-0.4, -0.2) is 30.1 Å². The first kappa shape index (κ1) is 17.4. The predicted octanol–water partition coefficient (Wildman–Crippen LogP) is 2.92. The molecule has 5 nitrogen and oxygen atoms in total. The molecule has 3 N–H and O–H groups in total. The maximum absolute atomic E-state index is 12.4. The normalized spacial score (nSPS) is 13.7. The van der Waals surface area contributed by atoms with Crippen molar-refractivity contribution in [3.8, 4) is 16.3 Å². The van der Waals surface area contributed by atoms with E-state index in [1.165, 1.54) is 11.3 Å². The number of rotatable bonds is 6. The Kier molecular flexibility index (Phi) is 5.38. The Hall–Kier alpha value is -1.92. The van der Waals surface area contributed by atoms with Gasteiger partial charge in [-0.3, -0.25) is 4.79 Å². The second kappa shape index (κ2) is 7.10. The summed E-state index contributed by atoms with van der Waals surface area (Å²) in [6.45, 7) is 6.41. The van der Waals surface area contributed by atoms with Gasteiger partial charge in [-0.25, -0.2) is 4.98 Å². The van der Waals surface area contributed by atoms with Gasteiger partial charge in [0.1, 0.15) is 16.5 Å². The van der Waals surface area contributed by atoms with E-state index in [9.17, 15) is 4.79 Å². The lowest BCUT2D eigenvalue weighted by Crippen LogP contribution is -2.55. The Bertz CT molecular complexity index is 667. The Morgan fingerprint density at radius 2 is 2.04 bits per heavy atom. The molecule has 0 aliphatic carbocycles. The second-order valence-corrected chi connectivity index (χ2v) is 6.85. The number of carbonyl (C=O) groups is 1. The van der Waals surface area contributed by atoms with E-state index in [0.29, 0.717) is 12.2 Å². The molecule has 0 saturated heterocycles. The van der Waals surface area contributed by atoms with Crippen molar-refractivity contribution < 1.29 is 9.53 Å². The molecule has 2 rings (SSSR count). The van der Waals surface area contributed by atoms with Gasteiger partial charge in [0, 0.05) is 17.5 Å². The number of nitrogens with zero attached hydrogens (tertiary/aromatic N) is 1. The maximum atomic E-state index is 12.4. The zero-order chi connectivity index (χ0) is 17.0. The van der Waals surface area contributed by atoms with Crippen molar-refractivity contribution in [2.24, 2.45) is 11.7 Å². The molecule has 0 saturated carbocycles. The first-order chi connectivity index (χ1) is 10.9. The average molecular weight is 333 g/mol. The molecule has 2 aromatic rings. The number of nitrogens with one attached hydrogen (secondary N) is 1. The van der Waals surface area contributed by atoms with Crippen molar-refractivity contribution in [2.45, 2.75) is 26.3 Å². The van der Waals surface area contributed by atoms with Crippen LogP contribution in [-0.2, 0) is 0 Å². The van der Waals surface area contributed by atoms with Crippen LogP contribution in [0.1, 0.15) is 31.3 Å². The van der Waals surface area contributed by atoms with Gasteiger partial charge in [-0.05, 0) is 37.1 Å². The minimum Gasteiger partial charge on any atom is -0.497 e. The summed E-state index contributed by atoms with van der Waals surface area (Å²) in [5, 5.41) is 5.57. The van der Waals surface area contributed by atoms with E-state index in [-0.39, 0.29) is 11.8 Å². The molecule has 0 aliphatic rings. The molecule has 1 heterocycles. The molecule has 1 atom stereocenters. The number of benzene rings is 1. The van der Waals surface area contributed by atoms with Crippen molar-refractivity contribution in [1.29, 1.82) is 0 Å². The summed E-state index contributed by atoms with van der Waals surface area (Å²) in [6.07, 6.45) is 0. The van der Waals surface area contributed by atoms with Gasteiger partial charge in [-0.1, -0.05) is 13.8 Å². The third-order valence-electron chi connectivity index (χ3n) is 4.17. The van der Waals surface area contributed by atoms with Crippen LogP contribution in [0.25, 0.3) is 10.6 Å². The number of aromatic nitrogens is 1. The highest BCUT2D eigenvalue weighted by atomic mass is 32.1. The van der Waals surface area contributed by atoms with E-state index >= 15 is 0 Å². The maximum Gasteiger partial charge on any atom is 0.271 e. The summed E-state index contributed by atoms with van der Waals surface area (Å²) >= 11 is 1.44. The number of hydrogen-bond donors (Lipinski definition) is 2. The van der Waals surface area contributed by atoms with E-state index < -0.39 is 5.54 Å². The van der Waals surface area contributed by atoms with Gasteiger partial charge in [0.25, 0.3) is 5.91 Å². The van der Waals surface area contributed by atoms with E-state index in [2.05, 4.69) is 10.3 Å². The number of amides is 1. The number of ether oxygens (including phenoxy) is 1. The van der Waals surface area contributed by atoms with E-state index in [0.717, 1.165) is 16.3 Å². The van der Waals surface area contributed by atoms with Crippen molar-refractivity contribution in [1.82, 2.24) is 10.3 Å². The second-order valence-electron chi connectivity index (χ2n) is 6.00. The minimum absolute atomic E-state index is 0.192. The molecule has 1 aromatic heterocycles. The van der Waals surface area contributed by atoms with Gasteiger partial charge in [-0.2, -0.15) is 0 Å². The highest BCUT2D eigenvalue weighted by Gasteiger charge is 2.29. The third kappa shape index (κ3) is 3.89. The molecule has 0 aliphatic heterocycles. The van der Waals surface area contributed by atoms with Crippen molar-refractivity contribution in [2.75, 3.05) is 13.7 Å². The average Bonchev–Trinajstić information content (AvgIpc) is 3.04. The largest absolute Gasteiger partial charge is 0.497 e. The van der Waals surface area contributed by atoms with Gasteiger partial charge < -0.3 is 15.8 Å². The molecular weight excluding hydrogens is 310 g/mol. The summed E-state index contributed by atoms with van der Waals surface area (Å²) in [6, 6.07) is 7.61. The summed E-state index contributed by atoms with van der Waals surface area (Å²) in [5.41, 5.74) is 6.75. The van der Waals surface area contributed by atoms with E-state index in [1.807, 2.05) is 45.0 Å². The lowest BCUT2D eigenvalue weighted by molar-refractivity contribution is 0.0879. The molecular formula is C17H23N3O2S. The highest BCUT2D eigenvalue weighted by molar-refractivity contribution is 7.13. The monoisotopic (exact) mass is 333 g/mol. The van der Waals surface area contributed by atoms with Gasteiger partial charge in [0.2, 0.25) is 0 Å². The number of methoxy groups -OCH3 is 1. The van der Waals surface area contributed by atoms with E-state index in [1.54, 1.807) is 12.5 Å². The SMILES string of the molecule is COc1ccc(-c2nc(C(=O)NC(C)(CN)C(C)C)cs2)cc1. The number of thiazole rings is 1. The van der Waals surface area contributed by atoms with Crippen LogP contribution >= 0.6 is 11.3 Å². The van der Waals surface area contributed by atoms with Gasteiger partial charge in [0.15, 0.2) is 0 Å². The number of hydrogen-bond acceptors (Lipinski definition) is 5. The van der Waals surface area contributed by atoms with Gasteiger partial charge >= 0.3 is 0 Å². The van der Waals surface area contributed by atoms with Gasteiger partial charge in [-0.15, -0.1) is 11.3 Å². The summed E-state index contributed by atoms with van der Waals surface area (Å²) in [5.74, 6) is 0.831. The fourth-order valence-corrected chi connectivity index (χ4v) is 2.80. The number of carbonyl (C=O) groups excluding carboxylic acids is 1. The van der Waals surface area contributed by atoms with Gasteiger partial charge in [0.05, 0.1) is 12.6 Å². The first-order valence-corrected chi connectivity index (χ1v) is 8.40. The van der Waals surface area contributed by atoms with Crippen LogP contribution in [0.15, 0.2) is 29.6 Å². The molecule has 0 spiro atoms. The van der Waals surface area contributed by atoms with Crippen molar-refractivity contribution in [3.05, 3.63) is 35.3 Å². The summed E-state index contributed by atoms with van der Waals surface area (Å²) in [7, 11) is 1.63. The van der Waals surface area contributed by atoms with Crippen LogP contribution < -0.4 is 15.8 Å². The minimum atomic E-state index is -0.443. The Morgan fingerprint density at radius 3 is 2.57 bits per heavy atom. The topological polar surface area (TPSA) is 77.2 Å². The molecule has 0 radical (unpaired) electrons. The third-order valence-corrected chi connectivity index (χ3v) is 5.06. The fraction of sp³-hybridized carbons (Fsp3) is 0.412. The molecule has 0 bridgehead atoms. The van der Waals surface area contributed by atoms with Crippen LogP contribution in [0.5, 0.6) is 5.75 Å². The highest BCUT2D eigenvalue weighted by Crippen LogP contribution is 2.26. The van der Waals surface area contributed by atoms with Crippen molar-refractivity contribution >= 4 is 17.2 Å². The van der Waals surface area contributed by atoms with Crippen LogP contribution in [0.3, 0.4) is 0 Å². The molecule has 0 fully saturated rings. The standard InChI is InChI=1S/C17H23N3O2S/c1-11(2)17(3,10-18)20-15(21)14-9-23-16(19-14)12-5-7-13(22-4)8-6-12/h5-9,11H,10,18H2,1-4H3,(H,20,21). The number of nitrogens with two attached hydrogens (primary N) is 1. The Labute approximate surface area is 140 Å². The molecule has 23 heavy (non-hydrogen) atoms. The van der Waals surface area contributed by atoms with Crippen molar-refractivity contribution in [3.63, 3.8) is 0 Å². The molecule has 1 amide bonds. The lowest BCUT2D eigenvalue weighted by Gasteiger charge is -2.33. The van der Waals surface area contributed by atoms with Crippen LogP contribution in [0, 0.1) is 5.92 Å². The smallest absolute Gasteiger partial charge is 0.271 e. The summed E-state index contributed by atoms with van der Waals surface area (Å²) in [4.78, 5) is 16.9. The van der Waals surface area contributed by atoms with E-state index in [4.69, 9.17) is 10.5 Å². The predicted molar refractivity (Wildman–Crippen MR) is 93.9 cm³/mol. The molecule has 1 unspecified atom stereocenters. The van der Waals surface area contributed by atoms with Crippen LogP contribution in [0.2, 0.25) is 0 Å². The molecule has 6 heteroatoms. The Morgan fingerprint density at radius 1 is 1.39 bits per heavy atom. The zero-order valence-electron chi connectivity index (χ0n) is 13.9. The quantitative estimate of drug-likeness (QED) is 0.852. The lowest BCUT2D eigenvalue weighted by atomic mass is 9.88. The zero-order valence-corrected chi connectivity index (χ0v) is 14.7. The molecule has 124 valence electrons. The fourth-order valence-electron chi connectivity index (χ4n) is 2.00. The van der Waals surface area contributed by atoms with Crippen LogP contribution in [0.4, 0.5) is 0 Å². The Balaban J connectivity index is 2.16. The summed E-state index contributed by atoms with van der Waals surface area (Å²) < 4.78 is 5.15.